The summed E-state index contributed by atoms with van der Waals surface area (Å²) < 4.78 is 5.37. The summed E-state index contributed by atoms with van der Waals surface area (Å²) in [6, 6.07) is 17.9. The Bertz CT molecular complexity index is 1060. The fourth-order valence-electron chi connectivity index (χ4n) is 5.60. The predicted molar refractivity (Wildman–Crippen MR) is 129 cm³/mol. The minimum Gasteiger partial charge on any atom is -0.383 e. The number of hydrogen-bond acceptors (Lipinski definition) is 4. The molecule has 0 unspecified atom stereocenters. The summed E-state index contributed by atoms with van der Waals surface area (Å²) in [7, 11) is 1.65. The summed E-state index contributed by atoms with van der Waals surface area (Å²) in [6.45, 7) is 1.16. The number of carbonyl (C=O) groups excluding carboxylic acids is 3. The minimum atomic E-state index is -1.14. The van der Waals surface area contributed by atoms with Crippen molar-refractivity contribution in [2.75, 3.05) is 20.3 Å². The average molecular weight is 461 g/mol. The molecule has 0 aromatic heterocycles. The number of ether oxygens (including phenoxy) is 1. The van der Waals surface area contributed by atoms with E-state index < -0.39 is 5.41 Å². The van der Waals surface area contributed by atoms with Crippen molar-refractivity contribution in [2.24, 2.45) is 0 Å². The van der Waals surface area contributed by atoms with Crippen LogP contribution in [0.3, 0.4) is 0 Å². The zero-order valence-corrected chi connectivity index (χ0v) is 19.7. The Hall–Kier alpha value is -2.99. The second-order valence-corrected chi connectivity index (χ2v) is 9.87. The molecule has 2 aromatic carbocycles. The van der Waals surface area contributed by atoms with E-state index in [-0.39, 0.29) is 42.6 Å². The van der Waals surface area contributed by atoms with Gasteiger partial charge in [0.1, 0.15) is 0 Å². The number of methoxy groups -OCH3 is 1. The van der Waals surface area contributed by atoms with Crippen LogP contribution in [0.5, 0.6) is 0 Å². The van der Waals surface area contributed by atoms with Gasteiger partial charge in [-0.15, -0.1) is 0 Å². The minimum absolute atomic E-state index is 0.00297. The van der Waals surface area contributed by atoms with Gasteiger partial charge in [-0.05, 0) is 48.8 Å². The zero-order valence-electron chi connectivity index (χ0n) is 19.7. The molecule has 1 saturated carbocycles. The second kappa shape index (κ2) is 9.34. The van der Waals surface area contributed by atoms with Gasteiger partial charge >= 0.3 is 0 Å². The molecule has 3 fully saturated rings. The number of hydrogen-bond donors (Lipinski definition) is 0. The van der Waals surface area contributed by atoms with E-state index in [1.165, 1.54) is 4.90 Å². The lowest BCUT2D eigenvalue weighted by molar-refractivity contribution is -0.144. The Morgan fingerprint density at radius 3 is 2.35 bits per heavy atom. The molecule has 6 heteroatoms. The highest BCUT2D eigenvalue weighted by Gasteiger charge is 2.57. The van der Waals surface area contributed by atoms with Crippen molar-refractivity contribution in [3.63, 3.8) is 0 Å². The summed E-state index contributed by atoms with van der Waals surface area (Å²) in [5.74, 6) is -0.423. The number of rotatable bonds is 7. The van der Waals surface area contributed by atoms with E-state index in [1.807, 2.05) is 59.5 Å². The Kier molecular flexibility index (Phi) is 6.26. The monoisotopic (exact) mass is 460 g/mol. The highest BCUT2D eigenvalue weighted by Crippen LogP contribution is 2.45. The van der Waals surface area contributed by atoms with Gasteiger partial charge in [0.05, 0.1) is 18.1 Å². The Morgan fingerprint density at radius 1 is 0.971 bits per heavy atom. The molecule has 2 aromatic rings. The Morgan fingerprint density at radius 2 is 1.68 bits per heavy atom. The first kappa shape index (κ1) is 22.8. The third kappa shape index (κ3) is 4.16. The van der Waals surface area contributed by atoms with Gasteiger partial charge in [0.2, 0.25) is 17.7 Å². The smallest absolute Gasteiger partial charge is 0.241 e. The number of likely N-dealkylation sites (tertiary alicyclic amines) is 2. The number of amides is 3. The first-order valence-corrected chi connectivity index (χ1v) is 12.3. The molecule has 3 aliphatic rings. The Balaban J connectivity index is 1.48. The molecule has 2 atom stereocenters. The summed E-state index contributed by atoms with van der Waals surface area (Å²) in [5, 5.41) is 0. The molecular weight excluding hydrogens is 428 g/mol. The van der Waals surface area contributed by atoms with Crippen molar-refractivity contribution in [3.05, 3.63) is 60.2 Å². The van der Waals surface area contributed by atoms with Crippen LogP contribution in [-0.4, -0.2) is 59.9 Å². The van der Waals surface area contributed by atoms with Crippen LogP contribution in [-0.2, 0) is 24.5 Å². The summed E-state index contributed by atoms with van der Waals surface area (Å²) >= 11 is 0. The van der Waals surface area contributed by atoms with E-state index in [0.29, 0.717) is 13.2 Å². The lowest BCUT2D eigenvalue weighted by Gasteiger charge is -2.37. The fraction of sp³-hybridized carbons (Fsp3) is 0.464. The van der Waals surface area contributed by atoms with E-state index >= 15 is 0 Å². The third-order valence-electron chi connectivity index (χ3n) is 7.57. The maximum absolute atomic E-state index is 13.8. The molecular formula is C28H32N2O4. The molecule has 0 bridgehead atoms. The zero-order chi connectivity index (χ0) is 23.7. The Labute approximate surface area is 200 Å². The van der Waals surface area contributed by atoms with Crippen LogP contribution in [0, 0.1) is 0 Å². The molecule has 2 aliphatic heterocycles. The average Bonchev–Trinajstić information content (AvgIpc) is 3.66. The molecule has 178 valence electrons. The van der Waals surface area contributed by atoms with E-state index in [0.717, 1.165) is 48.8 Å². The number of piperidine rings is 1. The first-order chi connectivity index (χ1) is 16.5. The molecule has 1 aliphatic carbocycles. The van der Waals surface area contributed by atoms with Gasteiger partial charge in [-0.2, -0.15) is 0 Å². The SMILES string of the molecule is COC[C@@H]1CCCCN1C(=O)C[C@]1(c2ccc(-c3ccccc3)cc2)CC(=O)N(C2CC2)C1=O. The maximum atomic E-state index is 13.8. The molecule has 34 heavy (non-hydrogen) atoms. The topological polar surface area (TPSA) is 66.9 Å². The van der Waals surface area contributed by atoms with Crippen molar-refractivity contribution in [2.45, 2.75) is 62.4 Å². The van der Waals surface area contributed by atoms with Crippen LogP contribution in [0.2, 0.25) is 0 Å². The molecule has 0 spiro atoms. The molecule has 2 saturated heterocycles. The summed E-state index contributed by atoms with van der Waals surface area (Å²) in [5.41, 5.74) is 1.74. The van der Waals surface area contributed by atoms with Crippen LogP contribution >= 0.6 is 0 Å². The summed E-state index contributed by atoms with van der Waals surface area (Å²) in [6.07, 6.45) is 4.71. The summed E-state index contributed by atoms with van der Waals surface area (Å²) in [4.78, 5) is 43.8. The van der Waals surface area contributed by atoms with E-state index in [9.17, 15) is 14.4 Å². The molecule has 6 nitrogen and oxygen atoms in total. The third-order valence-corrected chi connectivity index (χ3v) is 7.57. The number of benzene rings is 2. The van der Waals surface area contributed by atoms with Crippen molar-refractivity contribution in [1.82, 2.24) is 9.80 Å². The van der Waals surface area contributed by atoms with E-state index in [1.54, 1.807) is 7.11 Å². The highest BCUT2D eigenvalue weighted by atomic mass is 16.5. The van der Waals surface area contributed by atoms with Crippen molar-refractivity contribution >= 4 is 17.7 Å². The predicted octanol–water partition coefficient (Wildman–Crippen LogP) is 3.93. The molecule has 5 rings (SSSR count). The first-order valence-electron chi connectivity index (χ1n) is 12.3. The van der Waals surface area contributed by atoms with Gasteiger partial charge in [-0.1, -0.05) is 54.6 Å². The number of imide groups is 1. The van der Waals surface area contributed by atoms with Crippen LogP contribution in [0.4, 0.5) is 0 Å². The van der Waals surface area contributed by atoms with Crippen LogP contribution in [0.25, 0.3) is 11.1 Å². The lowest BCUT2D eigenvalue weighted by atomic mass is 9.75. The number of carbonyl (C=O) groups is 3. The quantitative estimate of drug-likeness (QED) is 0.587. The van der Waals surface area contributed by atoms with Crippen molar-refractivity contribution < 1.29 is 19.1 Å². The molecule has 3 amide bonds. The van der Waals surface area contributed by atoms with Crippen molar-refractivity contribution in [3.8, 4) is 11.1 Å². The van der Waals surface area contributed by atoms with Crippen LogP contribution < -0.4 is 0 Å². The van der Waals surface area contributed by atoms with E-state index in [2.05, 4.69) is 0 Å². The van der Waals surface area contributed by atoms with Crippen LogP contribution in [0.1, 0.15) is 50.5 Å². The standard InChI is InChI=1S/C28H32N2O4/c1-34-19-24-9-5-6-16-29(24)25(31)17-28(18-26(32)30(27(28)33)23-14-15-23)22-12-10-21(11-13-22)20-7-3-2-4-8-20/h2-4,7-8,10-13,23-24H,5-6,9,14-19H2,1H3/t24-,28+/m0/s1. The van der Waals surface area contributed by atoms with E-state index in [4.69, 9.17) is 4.74 Å². The fourth-order valence-corrected chi connectivity index (χ4v) is 5.60. The van der Waals surface area contributed by atoms with Gasteiger partial charge in [0.25, 0.3) is 0 Å². The lowest BCUT2D eigenvalue weighted by Crippen LogP contribution is -2.49. The van der Waals surface area contributed by atoms with Crippen molar-refractivity contribution in [1.29, 1.82) is 0 Å². The van der Waals surface area contributed by atoms with Gasteiger partial charge in [-0.25, -0.2) is 0 Å². The highest BCUT2D eigenvalue weighted by molar-refractivity contribution is 6.11. The maximum Gasteiger partial charge on any atom is 0.241 e. The molecule has 0 N–H and O–H groups in total. The largest absolute Gasteiger partial charge is 0.383 e. The van der Waals surface area contributed by atoms with Gasteiger partial charge in [0, 0.05) is 32.5 Å². The normalized spacial score (nSPS) is 25.1. The molecule has 0 radical (unpaired) electrons. The van der Waals surface area contributed by atoms with Gasteiger partial charge in [0.15, 0.2) is 0 Å². The molecule has 2 heterocycles. The number of nitrogens with zero attached hydrogens (tertiary/aromatic N) is 2. The van der Waals surface area contributed by atoms with Crippen LogP contribution in [0.15, 0.2) is 54.6 Å². The van der Waals surface area contributed by atoms with Gasteiger partial charge < -0.3 is 9.64 Å². The van der Waals surface area contributed by atoms with Gasteiger partial charge in [-0.3, -0.25) is 19.3 Å². The second-order valence-electron chi connectivity index (χ2n) is 9.87.